The highest BCUT2D eigenvalue weighted by atomic mass is 32.2. The molecule has 132 valence electrons. The minimum Gasteiger partial charge on any atom is -0.338 e. The molecule has 0 radical (unpaired) electrons. The van der Waals surface area contributed by atoms with Crippen LogP contribution in [-0.2, 0) is 0 Å². The van der Waals surface area contributed by atoms with Crippen LogP contribution in [0.25, 0.3) is 0 Å². The quantitative estimate of drug-likeness (QED) is 0.717. The van der Waals surface area contributed by atoms with Crippen molar-refractivity contribution in [2.45, 2.75) is 18.6 Å². The molecule has 6 heteroatoms. The average molecular weight is 365 g/mol. The smallest absolute Gasteiger partial charge is 0.256 e. The van der Waals surface area contributed by atoms with Gasteiger partial charge in [-0.1, -0.05) is 24.3 Å². The van der Waals surface area contributed by atoms with Crippen LogP contribution >= 0.6 is 11.8 Å². The van der Waals surface area contributed by atoms with Crippen LogP contribution in [0.4, 0.5) is 13.2 Å². The van der Waals surface area contributed by atoms with Gasteiger partial charge in [0.05, 0.1) is 5.56 Å². The van der Waals surface area contributed by atoms with E-state index in [2.05, 4.69) is 19.1 Å². The molecule has 0 spiro atoms. The molecule has 0 aromatic heterocycles. The summed E-state index contributed by atoms with van der Waals surface area (Å²) in [7, 11) is 0. The number of rotatable bonds is 2. The van der Waals surface area contributed by atoms with E-state index in [1.54, 1.807) is 11.8 Å². The Morgan fingerprint density at radius 2 is 1.84 bits per heavy atom. The lowest BCUT2D eigenvalue weighted by molar-refractivity contribution is 0.0760. The average Bonchev–Trinajstić information content (AvgIpc) is 2.86. The summed E-state index contributed by atoms with van der Waals surface area (Å²) in [6.07, 6.45) is 0.729. The molecule has 25 heavy (non-hydrogen) atoms. The number of nitrogens with zero attached hydrogens (tertiary/aromatic N) is 1. The van der Waals surface area contributed by atoms with Gasteiger partial charge in [0.25, 0.3) is 5.91 Å². The zero-order valence-corrected chi connectivity index (χ0v) is 14.6. The molecule has 2 aromatic rings. The van der Waals surface area contributed by atoms with Gasteiger partial charge in [0.15, 0.2) is 17.5 Å². The van der Waals surface area contributed by atoms with Crippen LogP contribution in [0, 0.1) is 24.4 Å². The number of halogens is 3. The van der Waals surface area contributed by atoms with Gasteiger partial charge in [-0.3, -0.25) is 4.79 Å². The fourth-order valence-electron chi connectivity index (χ4n) is 3.03. The molecule has 0 N–H and O–H groups in total. The SMILES string of the molecule is Cc1ccccc1[C@@H]1CCN(C(=O)c2ccc(F)c(F)c2F)CCS1. The van der Waals surface area contributed by atoms with Crippen molar-refractivity contribution in [1.29, 1.82) is 0 Å². The molecule has 2 aromatic carbocycles. The maximum atomic E-state index is 13.9. The van der Waals surface area contributed by atoms with Gasteiger partial charge >= 0.3 is 0 Å². The van der Waals surface area contributed by atoms with Gasteiger partial charge in [-0.15, -0.1) is 0 Å². The van der Waals surface area contributed by atoms with E-state index < -0.39 is 28.9 Å². The standard InChI is InChI=1S/C19H18F3NOS/c1-12-4-2-3-5-13(12)16-8-9-23(10-11-25-16)19(24)14-6-7-15(20)18(22)17(14)21/h2-7,16H,8-11H2,1H3/t16-/m0/s1. The minimum atomic E-state index is -1.60. The molecule has 1 aliphatic heterocycles. The highest BCUT2D eigenvalue weighted by Gasteiger charge is 2.26. The largest absolute Gasteiger partial charge is 0.338 e. The number of carbonyl (C=O) groups excluding carboxylic acids is 1. The molecule has 0 aliphatic carbocycles. The van der Waals surface area contributed by atoms with E-state index in [9.17, 15) is 18.0 Å². The summed E-state index contributed by atoms with van der Waals surface area (Å²) in [6.45, 7) is 2.95. The highest BCUT2D eigenvalue weighted by molar-refractivity contribution is 7.99. The minimum absolute atomic E-state index is 0.258. The summed E-state index contributed by atoms with van der Waals surface area (Å²) in [5, 5.41) is 0.258. The van der Waals surface area contributed by atoms with Gasteiger partial charge in [-0.25, -0.2) is 13.2 Å². The molecule has 2 nitrogen and oxygen atoms in total. The van der Waals surface area contributed by atoms with Crippen molar-refractivity contribution < 1.29 is 18.0 Å². The Labute approximate surface area is 149 Å². The predicted molar refractivity (Wildman–Crippen MR) is 93.2 cm³/mol. The molecule has 1 amide bonds. The van der Waals surface area contributed by atoms with E-state index in [-0.39, 0.29) is 5.25 Å². The van der Waals surface area contributed by atoms with Crippen molar-refractivity contribution in [2.75, 3.05) is 18.8 Å². The maximum Gasteiger partial charge on any atom is 0.256 e. The van der Waals surface area contributed by atoms with Crippen molar-refractivity contribution in [3.63, 3.8) is 0 Å². The highest BCUT2D eigenvalue weighted by Crippen LogP contribution is 2.36. The monoisotopic (exact) mass is 365 g/mol. The summed E-state index contributed by atoms with van der Waals surface area (Å²) >= 11 is 1.76. The van der Waals surface area contributed by atoms with E-state index in [1.807, 2.05) is 12.1 Å². The Morgan fingerprint density at radius 1 is 1.08 bits per heavy atom. The lowest BCUT2D eigenvalue weighted by atomic mass is 10.0. The summed E-state index contributed by atoms with van der Waals surface area (Å²) in [5.41, 5.74) is 2.02. The molecular formula is C19H18F3NOS. The molecule has 1 atom stereocenters. The first kappa shape index (κ1) is 17.9. The topological polar surface area (TPSA) is 20.3 Å². The Kier molecular flexibility index (Phi) is 5.37. The molecule has 1 aliphatic rings. The maximum absolute atomic E-state index is 13.9. The van der Waals surface area contributed by atoms with Crippen molar-refractivity contribution in [3.05, 3.63) is 70.5 Å². The van der Waals surface area contributed by atoms with Gasteiger partial charge in [-0.2, -0.15) is 11.8 Å². The third-order valence-corrected chi connectivity index (χ3v) is 5.74. The Hall–Kier alpha value is -1.95. The van der Waals surface area contributed by atoms with Crippen molar-refractivity contribution >= 4 is 17.7 Å². The summed E-state index contributed by atoms with van der Waals surface area (Å²) in [4.78, 5) is 14.0. The fourth-order valence-corrected chi connectivity index (χ4v) is 4.36. The van der Waals surface area contributed by atoms with Crippen molar-refractivity contribution in [1.82, 2.24) is 4.90 Å². The molecule has 1 saturated heterocycles. The van der Waals surface area contributed by atoms with Gasteiger partial charge < -0.3 is 4.90 Å². The molecule has 1 heterocycles. The number of benzene rings is 2. The molecule has 0 unspecified atom stereocenters. The lowest BCUT2D eigenvalue weighted by Gasteiger charge is -2.21. The molecule has 0 saturated carbocycles. The Balaban J connectivity index is 1.76. The van der Waals surface area contributed by atoms with Crippen molar-refractivity contribution in [3.8, 4) is 0 Å². The lowest BCUT2D eigenvalue weighted by Crippen LogP contribution is -2.33. The fraction of sp³-hybridized carbons (Fsp3) is 0.316. The van der Waals surface area contributed by atoms with Gasteiger partial charge in [0.1, 0.15) is 0 Å². The van der Waals surface area contributed by atoms with Crippen LogP contribution in [0.3, 0.4) is 0 Å². The summed E-state index contributed by atoms with van der Waals surface area (Å²) in [5.74, 6) is -4.21. The first-order valence-corrected chi connectivity index (χ1v) is 9.14. The Morgan fingerprint density at radius 3 is 2.60 bits per heavy atom. The second-order valence-electron chi connectivity index (χ2n) is 6.02. The third-order valence-electron chi connectivity index (χ3n) is 4.43. The number of hydrogen-bond acceptors (Lipinski definition) is 2. The van der Waals surface area contributed by atoms with Crippen LogP contribution in [0.1, 0.15) is 33.2 Å². The number of carbonyl (C=O) groups is 1. The van der Waals surface area contributed by atoms with Crippen LogP contribution in [0.5, 0.6) is 0 Å². The summed E-state index contributed by atoms with van der Waals surface area (Å²) in [6, 6.07) is 9.91. The Bertz CT molecular complexity index is 796. The second-order valence-corrected chi connectivity index (χ2v) is 7.33. The second kappa shape index (κ2) is 7.52. The van der Waals surface area contributed by atoms with E-state index in [0.717, 1.165) is 18.6 Å². The van der Waals surface area contributed by atoms with Crippen LogP contribution < -0.4 is 0 Å². The van der Waals surface area contributed by atoms with Crippen molar-refractivity contribution in [2.24, 2.45) is 0 Å². The van der Waals surface area contributed by atoms with Gasteiger partial charge in [0, 0.05) is 24.1 Å². The van der Waals surface area contributed by atoms with E-state index in [4.69, 9.17) is 0 Å². The van der Waals surface area contributed by atoms with E-state index in [0.29, 0.717) is 18.8 Å². The normalized spacial score (nSPS) is 18.1. The summed E-state index contributed by atoms with van der Waals surface area (Å²) < 4.78 is 40.4. The van der Waals surface area contributed by atoms with E-state index in [1.165, 1.54) is 16.0 Å². The molecule has 0 bridgehead atoms. The number of amides is 1. The number of hydrogen-bond donors (Lipinski definition) is 0. The van der Waals surface area contributed by atoms with Gasteiger partial charge in [-0.05, 0) is 36.6 Å². The zero-order chi connectivity index (χ0) is 18.0. The van der Waals surface area contributed by atoms with Gasteiger partial charge in [0.2, 0.25) is 0 Å². The van der Waals surface area contributed by atoms with Crippen LogP contribution in [-0.4, -0.2) is 29.6 Å². The predicted octanol–water partition coefficient (Wildman–Crippen LogP) is 4.73. The zero-order valence-electron chi connectivity index (χ0n) is 13.8. The van der Waals surface area contributed by atoms with Crippen LogP contribution in [0.15, 0.2) is 36.4 Å². The molecule has 1 fully saturated rings. The molecular weight excluding hydrogens is 347 g/mol. The first-order chi connectivity index (χ1) is 12.0. The van der Waals surface area contributed by atoms with Crippen LogP contribution in [0.2, 0.25) is 0 Å². The third kappa shape index (κ3) is 3.68. The number of aryl methyl sites for hydroxylation is 1. The molecule has 3 rings (SSSR count). The van der Waals surface area contributed by atoms with E-state index >= 15 is 0 Å². The number of thioether (sulfide) groups is 1. The first-order valence-electron chi connectivity index (χ1n) is 8.09.